The third-order valence-corrected chi connectivity index (χ3v) is 4.73. The van der Waals surface area contributed by atoms with Crippen LogP contribution in [0.1, 0.15) is 0 Å². The quantitative estimate of drug-likeness (QED) is 0.702. The maximum absolute atomic E-state index is 12.3. The molecule has 0 bridgehead atoms. The van der Waals surface area contributed by atoms with Gasteiger partial charge in [0.1, 0.15) is 0 Å². The molecular formula is C11H16N4O3S. The molecule has 0 unspecified atom stereocenters. The molecule has 2 aromatic rings. The Hall–Kier alpha value is -1.64. The topological polar surface area (TPSA) is 98.1 Å². The number of hydrogen-bond donors (Lipinski definition) is 3. The van der Waals surface area contributed by atoms with Crippen molar-refractivity contribution < 1.29 is 8.42 Å². The summed E-state index contributed by atoms with van der Waals surface area (Å²) >= 11 is 0. The zero-order chi connectivity index (χ0) is 14.0. The summed E-state index contributed by atoms with van der Waals surface area (Å²) < 4.78 is 25.8. The van der Waals surface area contributed by atoms with Crippen molar-refractivity contribution in [1.29, 1.82) is 0 Å². The first-order chi connectivity index (χ1) is 8.95. The molecule has 0 amide bonds. The lowest BCUT2D eigenvalue weighted by Crippen LogP contribution is -2.32. The number of sulfonamides is 1. The molecule has 3 N–H and O–H groups in total. The summed E-state index contributed by atoms with van der Waals surface area (Å²) in [5, 5.41) is 2.90. The van der Waals surface area contributed by atoms with E-state index >= 15 is 0 Å². The summed E-state index contributed by atoms with van der Waals surface area (Å²) in [6.07, 6.45) is 0. The van der Waals surface area contributed by atoms with Crippen molar-refractivity contribution in [2.24, 2.45) is 0 Å². The number of rotatable bonds is 5. The molecule has 7 nitrogen and oxygen atoms in total. The van der Waals surface area contributed by atoms with Gasteiger partial charge in [0.2, 0.25) is 10.0 Å². The minimum absolute atomic E-state index is 0.161. The van der Waals surface area contributed by atoms with Crippen LogP contribution in [0.15, 0.2) is 27.9 Å². The van der Waals surface area contributed by atoms with E-state index in [1.807, 2.05) is 0 Å². The van der Waals surface area contributed by atoms with Crippen LogP contribution in [0.3, 0.4) is 0 Å². The number of fused-ring (bicyclic) bond motifs is 1. The van der Waals surface area contributed by atoms with Gasteiger partial charge in [-0.3, -0.25) is 0 Å². The van der Waals surface area contributed by atoms with Gasteiger partial charge >= 0.3 is 5.69 Å². The molecule has 0 radical (unpaired) electrons. The number of nitrogens with one attached hydrogen (secondary N) is 3. The maximum Gasteiger partial charge on any atom is 0.323 e. The first-order valence-electron chi connectivity index (χ1n) is 5.78. The average Bonchev–Trinajstić information content (AvgIpc) is 2.74. The zero-order valence-electron chi connectivity index (χ0n) is 10.7. The fourth-order valence-electron chi connectivity index (χ4n) is 1.74. The van der Waals surface area contributed by atoms with E-state index in [2.05, 4.69) is 15.3 Å². The van der Waals surface area contributed by atoms with E-state index in [1.165, 1.54) is 23.5 Å². The fraction of sp³-hybridized carbons (Fsp3) is 0.364. The molecule has 0 saturated heterocycles. The molecule has 0 fully saturated rings. The summed E-state index contributed by atoms with van der Waals surface area (Å²) in [7, 11) is -0.251. The summed E-state index contributed by atoms with van der Waals surface area (Å²) in [4.78, 5) is 16.4. The van der Waals surface area contributed by atoms with Crippen molar-refractivity contribution in [3.8, 4) is 0 Å². The van der Waals surface area contributed by atoms with Gasteiger partial charge in [-0.1, -0.05) is 0 Å². The number of nitrogens with zero attached hydrogens (tertiary/aromatic N) is 1. The first kappa shape index (κ1) is 13.8. The molecule has 0 saturated carbocycles. The number of hydrogen-bond acceptors (Lipinski definition) is 4. The third-order valence-electron chi connectivity index (χ3n) is 2.87. The fourth-order valence-corrected chi connectivity index (χ4v) is 2.94. The number of aromatic amines is 2. The van der Waals surface area contributed by atoms with Crippen LogP contribution in [0.5, 0.6) is 0 Å². The number of imidazole rings is 1. The van der Waals surface area contributed by atoms with Gasteiger partial charge in [0, 0.05) is 20.1 Å². The van der Waals surface area contributed by atoms with Gasteiger partial charge in [0.25, 0.3) is 0 Å². The SMILES string of the molecule is CNCCN(C)S(=O)(=O)c1ccc2[nH]c(=O)[nH]c2c1. The highest BCUT2D eigenvalue weighted by molar-refractivity contribution is 7.89. The first-order valence-corrected chi connectivity index (χ1v) is 7.22. The van der Waals surface area contributed by atoms with Gasteiger partial charge < -0.3 is 15.3 Å². The zero-order valence-corrected chi connectivity index (χ0v) is 11.5. The predicted octanol–water partition coefficient (Wildman–Crippen LogP) is -0.304. The Labute approximate surface area is 110 Å². The Bertz CT molecular complexity index is 732. The Morgan fingerprint density at radius 2 is 1.95 bits per heavy atom. The summed E-state index contributed by atoms with van der Waals surface area (Å²) in [6, 6.07) is 4.52. The lowest BCUT2D eigenvalue weighted by molar-refractivity contribution is 0.466. The van der Waals surface area contributed by atoms with Crippen LogP contribution in [0.4, 0.5) is 0 Å². The van der Waals surface area contributed by atoms with Crippen molar-refractivity contribution in [1.82, 2.24) is 19.6 Å². The standard InChI is InChI=1S/C11H16N4O3S/c1-12-5-6-15(2)19(17,18)8-3-4-9-10(7-8)14-11(16)13-9/h3-4,7,12H,5-6H2,1-2H3,(H2,13,14,16). The summed E-state index contributed by atoms with van der Waals surface area (Å²) in [5.74, 6) is 0. The molecule has 2 rings (SSSR count). The molecule has 0 aliphatic carbocycles. The van der Waals surface area contributed by atoms with Gasteiger partial charge in [-0.05, 0) is 25.2 Å². The van der Waals surface area contributed by atoms with Crippen LogP contribution >= 0.6 is 0 Å². The largest absolute Gasteiger partial charge is 0.323 e. The molecule has 104 valence electrons. The Kier molecular flexibility index (Phi) is 3.74. The molecule has 8 heteroatoms. The second-order valence-electron chi connectivity index (χ2n) is 4.22. The van der Waals surface area contributed by atoms with Gasteiger partial charge in [-0.15, -0.1) is 0 Å². The number of H-pyrrole nitrogens is 2. The van der Waals surface area contributed by atoms with Gasteiger partial charge in [-0.25, -0.2) is 13.2 Å². The van der Waals surface area contributed by atoms with Crippen LogP contribution in [0.2, 0.25) is 0 Å². The molecule has 0 aliphatic rings. The normalized spacial score (nSPS) is 12.4. The van der Waals surface area contributed by atoms with Crippen molar-refractivity contribution >= 4 is 21.1 Å². The third kappa shape index (κ3) is 2.70. The van der Waals surface area contributed by atoms with Crippen molar-refractivity contribution in [3.63, 3.8) is 0 Å². The smallest absolute Gasteiger partial charge is 0.318 e. The molecule has 0 spiro atoms. The number of likely N-dealkylation sites (N-methyl/N-ethyl adjacent to an activating group) is 2. The second kappa shape index (κ2) is 5.16. The minimum Gasteiger partial charge on any atom is -0.318 e. The van der Waals surface area contributed by atoms with Gasteiger partial charge in [-0.2, -0.15) is 4.31 Å². The lowest BCUT2D eigenvalue weighted by atomic mass is 10.3. The van der Waals surface area contributed by atoms with Gasteiger partial charge in [0.05, 0.1) is 15.9 Å². The highest BCUT2D eigenvalue weighted by atomic mass is 32.2. The molecule has 1 heterocycles. The van der Waals surface area contributed by atoms with Crippen LogP contribution in [0.25, 0.3) is 11.0 Å². The van der Waals surface area contributed by atoms with E-state index in [9.17, 15) is 13.2 Å². The number of benzene rings is 1. The Morgan fingerprint density at radius 3 is 2.63 bits per heavy atom. The highest BCUT2D eigenvalue weighted by Gasteiger charge is 2.20. The van der Waals surface area contributed by atoms with E-state index in [-0.39, 0.29) is 10.6 Å². The highest BCUT2D eigenvalue weighted by Crippen LogP contribution is 2.18. The van der Waals surface area contributed by atoms with Crippen LogP contribution < -0.4 is 11.0 Å². The van der Waals surface area contributed by atoms with Crippen molar-refractivity contribution in [2.45, 2.75) is 4.90 Å². The Morgan fingerprint density at radius 1 is 1.26 bits per heavy atom. The van der Waals surface area contributed by atoms with Crippen molar-refractivity contribution in [2.75, 3.05) is 27.2 Å². The van der Waals surface area contributed by atoms with E-state index in [4.69, 9.17) is 0 Å². The van der Waals surface area contributed by atoms with Gasteiger partial charge in [0.15, 0.2) is 0 Å². The van der Waals surface area contributed by atoms with Crippen molar-refractivity contribution in [3.05, 3.63) is 28.7 Å². The number of aromatic nitrogens is 2. The van der Waals surface area contributed by atoms with E-state index in [0.29, 0.717) is 24.1 Å². The Balaban J connectivity index is 2.39. The second-order valence-corrected chi connectivity index (χ2v) is 6.26. The molecule has 19 heavy (non-hydrogen) atoms. The molecule has 1 aromatic carbocycles. The van der Waals surface area contributed by atoms with E-state index < -0.39 is 10.0 Å². The molecular weight excluding hydrogens is 268 g/mol. The van der Waals surface area contributed by atoms with Crippen LogP contribution in [0, 0.1) is 0 Å². The van der Waals surface area contributed by atoms with E-state index in [0.717, 1.165) is 0 Å². The molecule has 0 atom stereocenters. The van der Waals surface area contributed by atoms with Crippen LogP contribution in [-0.4, -0.2) is 49.9 Å². The lowest BCUT2D eigenvalue weighted by Gasteiger charge is -2.16. The monoisotopic (exact) mass is 284 g/mol. The molecule has 1 aromatic heterocycles. The molecule has 0 aliphatic heterocycles. The minimum atomic E-state index is -3.54. The summed E-state index contributed by atoms with van der Waals surface area (Å²) in [6.45, 7) is 0.944. The average molecular weight is 284 g/mol. The van der Waals surface area contributed by atoms with E-state index in [1.54, 1.807) is 13.1 Å². The maximum atomic E-state index is 12.3. The predicted molar refractivity (Wildman–Crippen MR) is 72.7 cm³/mol. The summed E-state index contributed by atoms with van der Waals surface area (Å²) in [5.41, 5.74) is 0.711. The van der Waals surface area contributed by atoms with Crippen LogP contribution in [-0.2, 0) is 10.0 Å².